The molecule has 0 aliphatic carbocycles. The van der Waals surface area contributed by atoms with Crippen LogP contribution in [-0.4, -0.2) is 18.8 Å². The molecular weight excluding hydrogens is 381 g/mol. The molecule has 1 N–H and O–H groups in total. The number of benzene rings is 1. The summed E-state index contributed by atoms with van der Waals surface area (Å²) in [4.78, 5) is 24.8. The van der Waals surface area contributed by atoms with E-state index in [1.54, 1.807) is 36.9 Å². The first-order chi connectivity index (χ1) is 12.3. The van der Waals surface area contributed by atoms with Crippen LogP contribution in [0.2, 0.25) is 10.0 Å². The lowest BCUT2D eigenvalue weighted by atomic mass is 10.2. The highest BCUT2D eigenvalue weighted by Crippen LogP contribution is 2.29. The number of fused-ring (bicyclic) bond motifs is 1. The zero-order valence-corrected chi connectivity index (χ0v) is 15.9. The molecule has 7 nitrogen and oxygen atoms in total. The number of aromatic nitrogens is 3. The Morgan fingerprint density at radius 2 is 1.77 bits per heavy atom. The van der Waals surface area contributed by atoms with Gasteiger partial charge in [0.2, 0.25) is 0 Å². The van der Waals surface area contributed by atoms with Gasteiger partial charge in [-0.3, -0.25) is 13.9 Å². The zero-order valence-electron chi connectivity index (χ0n) is 14.4. The summed E-state index contributed by atoms with van der Waals surface area (Å²) in [5, 5.41) is 11.0. The van der Waals surface area contributed by atoms with Crippen LogP contribution in [0.5, 0.6) is 5.75 Å². The Bertz CT molecular complexity index is 1130. The number of aliphatic hydroxyl groups excluding tert-OH is 1. The summed E-state index contributed by atoms with van der Waals surface area (Å²) in [5.41, 5.74) is 0.512. The Morgan fingerprint density at radius 3 is 2.38 bits per heavy atom. The molecule has 0 atom stereocenters. The molecule has 0 spiro atoms. The van der Waals surface area contributed by atoms with Gasteiger partial charge in [0, 0.05) is 31.7 Å². The summed E-state index contributed by atoms with van der Waals surface area (Å²) in [6.07, 6.45) is 0. The van der Waals surface area contributed by atoms with Gasteiger partial charge in [0.25, 0.3) is 5.56 Å². The Labute approximate surface area is 158 Å². The molecule has 3 aromatic rings. The third kappa shape index (κ3) is 2.82. The first kappa shape index (κ1) is 18.6. The molecule has 138 valence electrons. The second-order valence-corrected chi connectivity index (χ2v) is 6.75. The fraction of sp³-hybridized carbons (Fsp3) is 0.294. The number of halogens is 2. The molecule has 9 heteroatoms. The lowest BCUT2D eigenvalue weighted by Gasteiger charge is -2.11. The van der Waals surface area contributed by atoms with Crippen LogP contribution >= 0.6 is 23.2 Å². The maximum Gasteiger partial charge on any atom is 0.332 e. The smallest absolute Gasteiger partial charge is 0.332 e. The van der Waals surface area contributed by atoms with Crippen LogP contribution in [-0.2, 0) is 34.4 Å². The van der Waals surface area contributed by atoms with Crippen molar-refractivity contribution in [2.75, 3.05) is 0 Å². The van der Waals surface area contributed by atoms with Crippen molar-refractivity contribution in [2.24, 2.45) is 21.1 Å². The van der Waals surface area contributed by atoms with E-state index in [2.05, 4.69) is 0 Å². The van der Waals surface area contributed by atoms with Crippen molar-refractivity contribution < 1.29 is 9.84 Å². The van der Waals surface area contributed by atoms with Crippen LogP contribution in [0, 0.1) is 0 Å². The number of hydrogen-bond acceptors (Lipinski definition) is 4. The first-order valence-electron chi connectivity index (χ1n) is 7.72. The Balaban J connectivity index is 2.16. The Hall–Kier alpha value is -2.22. The Morgan fingerprint density at radius 1 is 1.08 bits per heavy atom. The second-order valence-electron chi connectivity index (χ2n) is 5.91. The molecule has 2 heterocycles. The van der Waals surface area contributed by atoms with Gasteiger partial charge in [0.05, 0.1) is 22.7 Å². The van der Waals surface area contributed by atoms with E-state index in [0.29, 0.717) is 38.1 Å². The van der Waals surface area contributed by atoms with E-state index in [0.717, 1.165) is 4.57 Å². The highest BCUT2D eigenvalue weighted by molar-refractivity contribution is 6.35. The van der Waals surface area contributed by atoms with Crippen LogP contribution in [0.25, 0.3) is 11.0 Å². The summed E-state index contributed by atoms with van der Waals surface area (Å²) in [6.45, 7) is -0.308. The van der Waals surface area contributed by atoms with Crippen molar-refractivity contribution in [3.63, 3.8) is 0 Å². The van der Waals surface area contributed by atoms with Gasteiger partial charge in [-0.05, 0) is 18.2 Å². The van der Waals surface area contributed by atoms with E-state index in [9.17, 15) is 14.7 Å². The average Bonchev–Trinajstić information content (AvgIpc) is 2.89. The largest absolute Gasteiger partial charge is 0.486 e. The van der Waals surface area contributed by atoms with E-state index >= 15 is 0 Å². The summed E-state index contributed by atoms with van der Waals surface area (Å²) in [5.74, 6) is 0.423. The number of aryl methyl sites for hydroxylation is 2. The molecule has 3 rings (SSSR count). The zero-order chi connectivity index (χ0) is 19.2. The molecule has 0 fully saturated rings. The normalized spacial score (nSPS) is 11.3. The number of nitrogens with zero attached hydrogens (tertiary/aromatic N) is 3. The van der Waals surface area contributed by atoms with E-state index in [4.69, 9.17) is 27.9 Å². The minimum Gasteiger partial charge on any atom is -0.486 e. The van der Waals surface area contributed by atoms with Crippen molar-refractivity contribution >= 4 is 34.2 Å². The SMILES string of the molecule is Cn1c(=O)c2c(CO)c(COc3ccc(Cl)cc3Cl)n(C)c2n(C)c1=O. The first-order valence-corrected chi connectivity index (χ1v) is 8.48. The highest BCUT2D eigenvalue weighted by Gasteiger charge is 2.22. The van der Waals surface area contributed by atoms with Gasteiger partial charge in [-0.15, -0.1) is 0 Å². The topological polar surface area (TPSA) is 78.4 Å². The number of aliphatic hydroxyl groups is 1. The molecule has 0 unspecified atom stereocenters. The van der Waals surface area contributed by atoms with Crippen molar-refractivity contribution in [3.05, 3.63) is 60.3 Å². The molecule has 0 saturated carbocycles. The number of rotatable bonds is 4. The third-order valence-corrected chi connectivity index (χ3v) is 4.95. The van der Waals surface area contributed by atoms with Crippen LogP contribution in [0.15, 0.2) is 27.8 Å². The van der Waals surface area contributed by atoms with Crippen molar-refractivity contribution in [1.82, 2.24) is 13.7 Å². The van der Waals surface area contributed by atoms with Crippen LogP contribution in [0.4, 0.5) is 0 Å². The highest BCUT2D eigenvalue weighted by atomic mass is 35.5. The van der Waals surface area contributed by atoms with Crippen molar-refractivity contribution in [2.45, 2.75) is 13.2 Å². The molecule has 0 aliphatic heterocycles. The minimum atomic E-state index is -0.460. The van der Waals surface area contributed by atoms with Gasteiger partial charge in [-0.2, -0.15) is 0 Å². The lowest BCUT2D eigenvalue weighted by molar-refractivity contribution is 0.267. The fourth-order valence-electron chi connectivity index (χ4n) is 3.06. The van der Waals surface area contributed by atoms with Gasteiger partial charge in [-0.1, -0.05) is 23.2 Å². The molecule has 0 bridgehead atoms. The summed E-state index contributed by atoms with van der Waals surface area (Å²) in [6, 6.07) is 4.85. The molecule has 1 aromatic carbocycles. The van der Waals surface area contributed by atoms with E-state index in [1.165, 1.54) is 11.6 Å². The van der Waals surface area contributed by atoms with Crippen molar-refractivity contribution in [1.29, 1.82) is 0 Å². The predicted molar refractivity (Wildman–Crippen MR) is 100 cm³/mol. The number of ether oxygens (including phenoxy) is 1. The van der Waals surface area contributed by atoms with E-state index in [-0.39, 0.29) is 13.2 Å². The monoisotopic (exact) mass is 397 g/mol. The fourth-order valence-corrected chi connectivity index (χ4v) is 3.52. The quantitative estimate of drug-likeness (QED) is 0.729. The maximum absolute atomic E-state index is 12.6. The predicted octanol–water partition coefficient (Wildman–Crippen LogP) is 1.95. The van der Waals surface area contributed by atoms with Crippen molar-refractivity contribution in [3.8, 4) is 5.75 Å². The van der Waals surface area contributed by atoms with Crippen LogP contribution in [0.3, 0.4) is 0 Å². The van der Waals surface area contributed by atoms with Gasteiger partial charge in [0.15, 0.2) is 0 Å². The lowest BCUT2D eigenvalue weighted by Crippen LogP contribution is -2.37. The van der Waals surface area contributed by atoms with Crippen LogP contribution < -0.4 is 16.0 Å². The molecule has 2 aromatic heterocycles. The Kier molecular flexibility index (Phi) is 4.88. The van der Waals surface area contributed by atoms with E-state index < -0.39 is 11.2 Å². The number of hydrogen-bond donors (Lipinski definition) is 1. The van der Waals surface area contributed by atoms with Crippen LogP contribution in [0.1, 0.15) is 11.3 Å². The minimum absolute atomic E-state index is 0.0553. The molecule has 0 radical (unpaired) electrons. The molecule has 0 saturated heterocycles. The summed E-state index contributed by atoms with van der Waals surface area (Å²) in [7, 11) is 4.69. The molecule has 0 aliphatic rings. The van der Waals surface area contributed by atoms with Gasteiger partial charge >= 0.3 is 5.69 Å². The second kappa shape index (κ2) is 6.83. The van der Waals surface area contributed by atoms with Gasteiger partial charge < -0.3 is 14.4 Å². The van der Waals surface area contributed by atoms with E-state index in [1.807, 2.05) is 0 Å². The standard InChI is InChI=1S/C17H17Cl2N3O4/c1-20-12(8-26-13-5-4-9(18)6-11(13)19)10(7-23)14-15(20)21(2)17(25)22(3)16(14)24/h4-6,23H,7-8H2,1-3H3. The summed E-state index contributed by atoms with van der Waals surface area (Å²) < 4.78 is 9.81. The average molecular weight is 398 g/mol. The molecule has 26 heavy (non-hydrogen) atoms. The van der Waals surface area contributed by atoms with Gasteiger partial charge in [0.1, 0.15) is 18.0 Å². The third-order valence-electron chi connectivity index (χ3n) is 4.42. The summed E-state index contributed by atoms with van der Waals surface area (Å²) >= 11 is 12.0. The maximum atomic E-state index is 12.6. The molecular formula is C17H17Cl2N3O4. The van der Waals surface area contributed by atoms with Gasteiger partial charge in [-0.25, -0.2) is 4.79 Å². The molecule has 0 amide bonds.